The molecule has 1 saturated heterocycles. The van der Waals surface area contributed by atoms with Crippen LogP contribution in [0.5, 0.6) is 0 Å². The summed E-state index contributed by atoms with van der Waals surface area (Å²) in [5.41, 5.74) is 1.42. The van der Waals surface area contributed by atoms with Gasteiger partial charge in [0.25, 0.3) is 5.91 Å². The van der Waals surface area contributed by atoms with Gasteiger partial charge in [-0.1, -0.05) is 17.7 Å². The van der Waals surface area contributed by atoms with Crippen molar-refractivity contribution in [1.29, 1.82) is 0 Å². The molecule has 0 bridgehead atoms. The number of rotatable bonds is 4. The number of carbonyl (C=O) groups excluding carboxylic acids is 2. The van der Waals surface area contributed by atoms with E-state index in [0.29, 0.717) is 18.7 Å². The van der Waals surface area contributed by atoms with Crippen LogP contribution in [0.4, 0.5) is 11.4 Å². The second-order valence-corrected chi connectivity index (χ2v) is 8.46. The summed E-state index contributed by atoms with van der Waals surface area (Å²) in [6.45, 7) is 0.658. The molecule has 0 atom stereocenters. The van der Waals surface area contributed by atoms with Gasteiger partial charge in [-0.15, -0.1) is 0 Å². The maximum absolute atomic E-state index is 12.5. The third kappa shape index (κ3) is 3.89. The molecular formula is C18H17ClN2O4S. The van der Waals surface area contributed by atoms with Crippen molar-refractivity contribution in [1.82, 2.24) is 0 Å². The fourth-order valence-electron chi connectivity index (χ4n) is 2.80. The average molecular weight is 393 g/mol. The van der Waals surface area contributed by atoms with E-state index >= 15 is 0 Å². The Morgan fingerprint density at radius 1 is 1.19 bits per heavy atom. The normalized spacial score (nSPS) is 14.5. The number of halogens is 1. The van der Waals surface area contributed by atoms with Crippen molar-refractivity contribution in [3.63, 3.8) is 0 Å². The van der Waals surface area contributed by atoms with Crippen molar-refractivity contribution in [3.05, 3.63) is 53.1 Å². The minimum absolute atomic E-state index is 0.0592. The molecule has 1 aliphatic heterocycles. The van der Waals surface area contributed by atoms with E-state index < -0.39 is 15.7 Å². The fourth-order valence-corrected chi connectivity index (χ4v) is 4.11. The van der Waals surface area contributed by atoms with Crippen LogP contribution < -0.4 is 10.2 Å². The van der Waals surface area contributed by atoms with Crippen LogP contribution in [-0.4, -0.2) is 33.0 Å². The van der Waals surface area contributed by atoms with E-state index in [-0.39, 0.29) is 21.4 Å². The van der Waals surface area contributed by atoms with E-state index in [1.54, 1.807) is 23.1 Å². The lowest BCUT2D eigenvalue weighted by atomic mass is 10.2. The smallest absolute Gasteiger partial charge is 0.255 e. The first-order valence-corrected chi connectivity index (χ1v) is 10.2. The molecule has 0 aromatic heterocycles. The molecule has 1 heterocycles. The van der Waals surface area contributed by atoms with Crippen LogP contribution in [-0.2, 0) is 14.6 Å². The molecule has 6 nitrogen and oxygen atoms in total. The van der Waals surface area contributed by atoms with Gasteiger partial charge in [-0.3, -0.25) is 9.59 Å². The maximum Gasteiger partial charge on any atom is 0.255 e. The van der Waals surface area contributed by atoms with E-state index in [0.717, 1.165) is 18.4 Å². The molecule has 8 heteroatoms. The Hall–Kier alpha value is -2.38. The van der Waals surface area contributed by atoms with E-state index in [2.05, 4.69) is 5.32 Å². The Kier molecular flexibility index (Phi) is 5.02. The van der Waals surface area contributed by atoms with Gasteiger partial charge >= 0.3 is 0 Å². The van der Waals surface area contributed by atoms with Gasteiger partial charge in [0.15, 0.2) is 9.84 Å². The number of amides is 2. The van der Waals surface area contributed by atoms with Gasteiger partial charge in [-0.25, -0.2) is 8.42 Å². The molecule has 0 saturated carbocycles. The Labute approximate surface area is 156 Å². The summed E-state index contributed by atoms with van der Waals surface area (Å²) in [5.74, 6) is -0.402. The van der Waals surface area contributed by atoms with Gasteiger partial charge in [-0.05, 0) is 42.8 Å². The van der Waals surface area contributed by atoms with Crippen molar-refractivity contribution in [2.45, 2.75) is 17.7 Å². The molecule has 0 radical (unpaired) electrons. The third-order valence-corrected chi connectivity index (χ3v) is 5.66. The highest BCUT2D eigenvalue weighted by Gasteiger charge is 2.22. The highest BCUT2D eigenvalue weighted by molar-refractivity contribution is 7.90. The van der Waals surface area contributed by atoms with Crippen LogP contribution in [0.1, 0.15) is 23.2 Å². The van der Waals surface area contributed by atoms with Crippen LogP contribution in [0.25, 0.3) is 0 Å². The van der Waals surface area contributed by atoms with Crippen LogP contribution in [0.15, 0.2) is 47.4 Å². The lowest BCUT2D eigenvalue weighted by Gasteiger charge is -2.17. The summed E-state index contributed by atoms with van der Waals surface area (Å²) in [4.78, 5) is 25.9. The highest BCUT2D eigenvalue weighted by Crippen LogP contribution is 2.26. The Bertz CT molecular complexity index is 988. The van der Waals surface area contributed by atoms with E-state index in [9.17, 15) is 18.0 Å². The quantitative estimate of drug-likeness (QED) is 0.866. The molecule has 0 unspecified atom stereocenters. The van der Waals surface area contributed by atoms with E-state index in [1.807, 2.05) is 6.07 Å². The van der Waals surface area contributed by atoms with Gasteiger partial charge in [0.1, 0.15) is 0 Å². The van der Waals surface area contributed by atoms with Crippen molar-refractivity contribution in [2.24, 2.45) is 0 Å². The summed E-state index contributed by atoms with van der Waals surface area (Å²) in [6, 6.07) is 11.1. The molecule has 3 rings (SSSR count). The summed E-state index contributed by atoms with van der Waals surface area (Å²) >= 11 is 5.90. The Morgan fingerprint density at radius 3 is 2.62 bits per heavy atom. The molecule has 2 aromatic carbocycles. The number of nitrogens with one attached hydrogen (secondary N) is 1. The third-order valence-electron chi connectivity index (χ3n) is 4.08. The molecule has 1 fully saturated rings. The van der Waals surface area contributed by atoms with Crippen LogP contribution >= 0.6 is 11.6 Å². The van der Waals surface area contributed by atoms with Gasteiger partial charge in [0.05, 0.1) is 9.92 Å². The number of sulfone groups is 1. The highest BCUT2D eigenvalue weighted by atomic mass is 35.5. The topological polar surface area (TPSA) is 83.6 Å². The van der Waals surface area contributed by atoms with Gasteiger partial charge < -0.3 is 10.2 Å². The van der Waals surface area contributed by atoms with Crippen molar-refractivity contribution < 1.29 is 18.0 Å². The predicted molar refractivity (Wildman–Crippen MR) is 101 cm³/mol. The standard InChI is InChI=1S/C18H17ClN2O4S/c1-26(24,25)16-10-12(7-8-15(16)19)18(23)20-13-4-2-5-14(11-13)21-9-3-6-17(21)22/h2,4-5,7-8,10-11H,3,6,9H2,1H3,(H,20,23). The Morgan fingerprint density at radius 2 is 1.96 bits per heavy atom. The molecule has 136 valence electrons. The zero-order chi connectivity index (χ0) is 18.9. The van der Waals surface area contributed by atoms with Crippen molar-refractivity contribution in [2.75, 3.05) is 23.0 Å². The molecule has 2 amide bonds. The number of hydrogen-bond acceptors (Lipinski definition) is 4. The Balaban J connectivity index is 1.84. The minimum Gasteiger partial charge on any atom is -0.322 e. The van der Waals surface area contributed by atoms with Crippen LogP contribution in [0.3, 0.4) is 0 Å². The predicted octanol–water partition coefficient (Wildman–Crippen LogP) is 3.12. The van der Waals surface area contributed by atoms with Crippen molar-refractivity contribution >= 4 is 44.6 Å². The first-order valence-electron chi connectivity index (χ1n) is 7.97. The largest absolute Gasteiger partial charge is 0.322 e. The van der Waals surface area contributed by atoms with Crippen LogP contribution in [0, 0.1) is 0 Å². The van der Waals surface area contributed by atoms with Gasteiger partial charge in [0.2, 0.25) is 5.91 Å². The lowest BCUT2D eigenvalue weighted by Crippen LogP contribution is -2.23. The number of anilines is 2. The molecule has 0 spiro atoms. The molecule has 1 N–H and O–H groups in total. The summed E-state index contributed by atoms with van der Waals surface area (Å²) in [7, 11) is -3.54. The van der Waals surface area contributed by atoms with Gasteiger partial charge in [0, 0.05) is 36.2 Å². The molecular weight excluding hydrogens is 376 g/mol. The molecule has 2 aromatic rings. The molecule has 26 heavy (non-hydrogen) atoms. The monoisotopic (exact) mass is 392 g/mol. The average Bonchev–Trinajstić information content (AvgIpc) is 3.00. The maximum atomic E-state index is 12.5. The number of carbonyl (C=O) groups is 2. The van der Waals surface area contributed by atoms with E-state index in [1.165, 1.54) is 18.2 Å². The molecule has 1 aliphatic rings. The summed E-state index contributed by atoms with van der Waals surface area (Å²) in [5, 5.41) is 2.79. The van der Waals surface area contributed by atoms with Gasteiger partial charge in [-0.2, -0.15) is 0 Å². The number of hydrogen-bond donors (Lipinski definition) is 1. The first kappa shape index (κ1) is 18.4. The zero-order valence-corrected chi connectivity index (χ0v) is 15.6. The summed E-state index contributed by atoms with van der Waals surface area (Å²) < 4.78 is 23.5. The fraction of sp³-hybridized carbons (Fsp3) is 0.222. The number of nitrogens with zero attached hydrogens (tertiary/aromatic N) is 1. The minimum atomic E-state index is -3.54. The summed E-state index contributed by atoms with van der Waals surface area (Å²) in [6.07, 6.45) is 2.37. The number of benzene rings is 2. The second kappa shape index (κ2) is 7.09. The van der Waals surface area contributed by atoms with Crippen LogP contribution in [0.2, 0.25) is 5.02 Å². The lowest BCUT2D eigenvalue weighted by molar-refractivity contribution is -0.117. The van der Waals surface area contributed by atoms with Crippen molar-refractivity contribution in [3.8, 4) is 0 Å². The second-order valence-electron chi connectivity index (χ2n) is 6.07. The van der Waals surface area contributed by atoms with E-state index in [4.69, 9.17) is 11.6 Å². The SMILES string of the molecule is CS(=O)(=O)c1cc(C(=O)Nc2cccc(N3CCCC3=O)c2)ccc1Cl. The molecule has 0 aliphatic carbocycles. The zero-order valence-electron chi connectivity index (χ0n) is 14.0. The first-order chi connectivity index (χ1) is 12.3.